The van der Waals surface area contributed by atoms with E-state index in [0.29, 0.717) is 5.82 Å². The Bertz CT molecular complexity index is 443. The molecule has 5 N–H and O–H groups in total. The quantitative estimate of drug-likeness (QED) is 0.585. The van der Waals surface area contributed by atoms with Gasteiger partial charge in [0.2, 0.25) is 0 Å². The highest BCUT2D eigenvalue weighted by molar-refractivity contribution is 5.47. The van der Waals surface area contributed by atoms with Crippen molar-refractivity contribution < 1.29 is 0 Å². The first-order valence-electron chi connectivity index (χ1n) is 7.90. The predicted octanol–water partition coefficient (Wildman–Crippen LogP) is 2.13. The summed E-state index contributed by atoms with van der Waals surface area (Å²) >= 11 is 0. The van der Waals surface area contributed by atoms with Crippen LogP contribution in [0.25, 0.3) is 0 Å². The summed E-state index contributed by atoms with van der Waals surface area (Å²) in [6.45, 7) is 8.79. The first kappa shape index (κ1) is 16.2. The van der Waals surface area contributed by atoms with Crippen LogP contribution >= 0.6 is 0 Å². The van der Waals surface area contributed by atoms with E-state index < -0.39 is 0 Å². The number of hydrazine groups is 1. The molecule has 0 saturated carbocycles. The predicted molar refractivity (Wildman–Crippen MR) is 87.6 cm³/mol. The van der Waals surface area contributed by atoms with Crippen molar-refractivity contribution in [3.8, 4) is 0 Å². The number of anilines is 1. The molecule has 118 valence electrons. The minimum atomic E-state index is -0.110. The number of rotatable bonds is 4. The Morgan fingerprint density at radius 1 is 1.24 bits per heavy atom. The third-order valence-corrected chi connectivity index (χ3v) is 4.82. The minimum Gasteiger partial charge on any atom is -0.383 e. The van der Waals surface area contributed by atoms with E-state index in [0.717, 1.165) is 24.2 Å². The molecular formula is C16H29N5. The van der Waals surface area contributed by atoms with E-state index in [1.54, 1.807) is 6.20 Å². The Balaban J connectivity index is 2.34. The molecule has 1 unspecified atom stereocenters. The molecule has 1 aliphatic rings. The molecule has 5 heteroatoms. The largest absolute Gasteiger partial charge is 0.383 e. The summed E-state index contributed by atoms with van der Waals surface area (Å²) in [6, 6.07) is 1.96. The summed E-state index contributed by atoms with van der Waals surface area (Å²) in [7, 11) is 0. The first-order valence-corrected chi connectivity index (χ1v) is 7.90. The van der Waals surface area contributed by atoms with Crippen molar-refractivity contribution in [2.45, 2.75) is 58.0 Å². The molecule has 5 nitrogen and oxygen atoms in total. The van der Waals surface area contributed by atoms with Gasteiger partial charge in [-0.1, -0.05) is 12.8 Å². The summed E-state index contributed by atoms with van der Waals surface area (Å²) in [5.41, 5.74) is 11.2. The lowest BCUT2D eigenvalue weighted by Gasteiger charge is -2.44. The lowest BCUT2D eigenvalue weighted by Crippen LogP contribution is -2.54. The molecule has 21 heavy (non-hydrogen) atoms. The Kier molecular flexibility index (Phi) is 5.19. The highest BCUT2D eigenvalue weighted by Crippen LogP contribution is 2.35. The van der Waals surface area contributed by atoms with Crippen molar-refractivity contribution in [3.63, 3.8) is 0 Å². The molecule has 1 fully saturated rings. The van der Waals surface area contributed by atoms with Crippen LogP contribution in [0.4, 0.5) is 5.82 Å². The zero-order valence-corrected chi connectivity index (χ0v) is 13.5. The molecular weight excluding hydrogens is 262 g/mol. The number of likely N-dealkylation sites (tertiary alicyclic amines) is 1. The molecule has 1 aromatic heterocycles. The number of aryl methyl sites for hydroxylation is 1. The third-order valence-electron chi connectivity index (χ3n) is 4.82. The van der Waals surface area contributed by atoms with Gasteiger partial charge in [-0.15, -0.1) is 0 Å². The normalized spacial score (nSPS) is 19.2. The fourth-order valence-electron chi connectivity index (χ4n) is 3.44. The summed E-state index contributed by atoms with van der Waals surface area (Å²) in [6.07, 6.45) is 6.90. The van der Waals surface area contributed by atoms with Crippen molar-refractivity contribution in [3.05, 3.63) is 23.4 Å². The van der Waals surface area contributed by atoms with E-state index in [1.165, 1.54) is 25.7 Å². The summed E-state index contributed by atoms with van der Waals surface area (Å²) in [5.74, 6) is 6.48. The number of hydrogen-bond donors (Lipinski definition) is 3. The third kappa shape index (κ3) is 3.36. The molecule has 1 aliphatic heterocycles. The van der Waals surface area contributed by atoms with Crippen LogP contribution in [0.5, 0.6) is 0 Å². The zero-order chi connectivity index (χ0) is 15.5. The topological polar surface area (TPSA) is 80.2 Å². The zero-order valence-electron chi connectivity index (χ0n) is 13.5. The van der Waals surface area contributed by atoms with E-state index in [9.17, 15) is 0 Å². The first-order chi connectivity index (χ1) is 9.98. The van der Waals surface area contributed by atoms with Crippen molar-refractivity contribution in [1.82, 2.24) is 15.3 Å². The van der Waals surface area contributed by atoms with Crippen LogP contribution in [0.1, 0.15) is 56.7 Å². The van der Waals surface area contributed by atoms with E-state index in [-0.39, 0.29) is 11.6 Å². The average molecular weight is 291 g/mol. The monoisotopic (exact) mass is 291 g/mol. The van der Waals surface area contributed by atoms with Gasteiger partial charge in [0, 0.05) is 17.3 Å². The minimum absolute atomic E-state index is 0.0377. The molecule has 2 heterocycles. The van der Waals surface area contributed by atoms with Crippen molar-refractivity contribution >= 4 is 5.82 Å². The molecule has 0 amide bonds. The molecule has 0 aromatic carbocycles. The maximum absolute atomic E-state index is 6.13. The molecule has 0 aliphatic carbocycles. The van der Waals surface area contributed by atoms with Gasteiger partial charge < -0.3 is 5.73 Å². The van der Waals surface area contributed by atoms with Gasteiger partial charge in [-0.3, -0.25) is 16.2 Å². The van der Waals surface area contributed by atoms with Crippen LogP contribution < -0.4 is 17.0 Å². The Morgan fingerprint density at radius 3 is 2.38 bits per heavy atom. The standard InChI is InChI=1S/C16H29N5/c1-12-8-9-19-15(17)13(12)14(20-18)16(2,3)21-10-6-4-5-7-11-21/h8-9,14,20H,4-7,10-11,18H2,1-3H3,(H2,17,19). The lowest BCUT2D eigenvalue weighted by molar-refractivity contribution is 0.0833. The highest BCUT2D eigenvalue weighted by atomic mass is 15.3. The van der Waals surface area contributed by atoms with Gasteiger partial charge in [0.1, 0.15) is 5.82 Å². The van der Waals surface area contributed by atoms with E-state index in [1.807, 2.05) is 6.07 Å². The van der Waals surface area contributed by atoms with Gasteiger partial charge in [0.25, 0.3) is 0 Å². The molecule has 0 spiro atoms. The molecule has 2 rings (SSSR count). The number of pyridine rings is 1. The average Bonchev–Trinajstić information content (AvgIpc) is 2.72. The molecule has 1 atom stereocenters. The second-order valence-electron chi connectivity index (χ2n) is 6.58. The van der Waals surface area contributed by atoms with Crippen LogP contribution in [0.2, 0.25) is 0 Å². The van der Waals surface area contributed by atoms with Crippen molar-refractivity contribution in [1.29, 1.82) is 0 Å². The molecule has 0 bridgehead atoms. The van der Waals surface area contributed by atoms with Crippen molar-refractivity contribution in [2.75, 3.05) is 18.8 Å². The Labute approximate surface area is 128 Å². The van der Waals surface area contributed by atoms with Gasteiger partial charge in [-0.25, -0.2) is 4.98 Å². The van der Waals surface area contributed by atoms with E-state index in [4.69, 9.17) is 11.6 Å². The van der Waals surface area contributed by atoms with Crippen LogP contribution in [0, 0.1) is 6.92 Å². The summed E-state index contributed by atoms with van der Waals surface area (Å²) in [5, 5.41) is 0. The Hall–Kier alpha value is -1.17. The number of aromatic nitrogens is 1. The van der Waals surface area contributed by atoms with Crippen LogP contribution in [-0.2, 0) is 0 Å². The van der Waals surface area contributed by atoms with E-state index >= 15 is 0 Å². The van der Waals surface area contributed by atoms with E-state index in [2.05, 4.69) is 36.1 Å². The lowest BCUT2D eigenvalue weighted by atomic mass is 9.85. The van der Waals surface area contributed by atoms with Gasteiger partial charge in [0.15, 0.2) is 0 Å². The fourth-order valence-corrected chi connectivity index (χ4v) is 3.44. The van der Waals surface area contributed by atoms with Gasteiger partial charge >= 0.3 is 0 Å². The van der Waals surface area contributed by atoms with Crippen LogP contribution in [0.15, 0.2) is 12.3 Å². The summed E-state index contributed by atoms with van der Waals surface area (Å²) < 4.78 is 0. The smallest absolute Gasteiger partial charge is 0.128 e. The number of nitrogen functional groups attached to an aromatic ring is 1. The molecule has 0 radical (unpaired) electrons. The molecule has 1 saturated heterocycles. The highest BCUT2D eigenvalue weighted by Gasteiger charge is 2.37. The van der Waals surface area contributed by atoms with Crippen LogP contribution in [0.3, 0.4) is 0 Å². The maximum Gasteiger partial charge on any atom is 0.128 e. The van der Waals surface area contributed by atoms with Gasteiger partial charge in [-0.2, -0.15) is 0 Å². The molecule has 1 aromatic rings. The SMILES string of the molecule is Cc1ccnc(N)c1C(NN)C(C)(C)N1CCCCCC1. The second kappa shape index (κ2) is 6.73. The number of hydrogen-bond acceptors (Lipinski definition) is 5. The maximum atomic E-state index is 6.13. The number of nitrogens with zero attached hydrogens (tertiary/aromatic N) is 2. The van der Waals surface area contributed by atoms with Gasteiger partial charge in [0.05, 0.1) is 6.04 Å². The Morgan fingerprint density at radius 2 is 1.86 bits per heavy atom. The summed E-state index contributed by atoms with van der Waals surface area (Å²) in [4.78, 5) is 6.79. The fraction of sp³-hybridized carbons (Fsp3) is 0.688. The second-order valence-corrected chi connectivity index (χ2v) is 6.58. The van der Waals surface area contributed by atoms with Crippen molar-refractivity contribution in [2.24, 2.45) is 5.84 Å². The van der Waals surface area contributed by atoms with Gasteiger partial charge in [-0.05, 0) is 58.3 Å². The number of nitrogens with one attached hydrogen (secondary N) is 1. The number of nitrogens with two attached hydrogens (primary N) is 2. The van der Waals surface area contributed by atoms with Crippen LogP contribution in [-0.4, -0.2) is 28.5 Å².